The molecule has 0 fully saturated rings. The third-order valence-corrected chi connectivity index (χ3v) is 3.34. The molecule has 0 aliphatic carbocycles. The number of carboxylic acid groups (broad SMARTS) is 1. The van der Waals surface area contributed by atoms with E-state index in [1.165, 1.54) is 11.3 Å². The molecule has 1 N–H and O–H groups in total. The van der Waals surface area contributed by atoms with E-state index < -0.39 is 5.97 Å². The number of thiazole rings is 1. The first-order valence-corrected chi connectivity index (χ1v) is 6.50. The number of aromatic nitrogens is 2. The van der Waals surface area contributed by atoms with Crippen molar-refractivity contribution in [1.82, 2.24) is 9.38 Å². The summed E-state index contributed by atoms with van der Waals surface area (Å²) in [5, 5.41) is 11.2. The first-order valence-electron chi connectivity index (χ1n) is 5.62. The maximum Gasteiger partial charge on any atom is 0.356 e. The molecular formula is C12H15N3O2S. The molecule has 96 valence electrons. The second-order valence-electron chi connectivity index (χ2n) is 4.12. The summed E-state index contributed by atoms with van der Waals surface area (Å²) in [7, 11) is 0. The Hall–Kier alpha value is -1.82. The summed E-state index contributed by atoms with van der Waals surface area (Å²) in [6.07, 6.45) is 1.73. The zero-order valence-corrected chi connectivity index (χ0v) is 11.2. The minimum Gasteiger partial charge on any atom is -0.476 e. The van der Waals surface area contributed by atoms with Crippen molar-refractivity contribution in [2.45, 2.75) is 13.8 Å². The molecule has 2 aromatic rings. The van der Waals surface area contributed by atoms with E-state index in [0.717, 1.165) is 5.57 Å². The highest BCUT2D eigenvalue weighted by Crippen LogP contribution is 2.25. The molecule has 0 amide bonds. The van der Waals surface area contributed by atoms with Crippen LogP contribution in [0.4, 0.5) is 5.82 Å². The van der Waals surface area contributed by atoms with Gasteiger partial charge in [0.05, 0.1) is 0 Å². The van der Waals surface area contributed by atoms with E-state index in [0.29, 0.717) is 23.9 Å². The van der Waals surface area contributed by atoms with Crippen molar-refractivity contribution in [3.8, 4) is 0 Å². The minimum absolute atomic E-state index is 0.217. The Balaban J connectivity index is 2.54. The quantitative estimate of drug-likeness (QED) is 0.844. The summed E-state index contributed by atoms with van der Waals surface area (Å²) in [5.41, 5.74) is 1.19. The van der Waals surface area contributed by atoms with Crippen molar-refractivity contribution in [2.24, 2.45) is 0 Å². The van der Waals surface area contributed by atoms with Gasteiger partial charge in [0.25, 0.3) is 0 Å². The molecule has 0 aromatic carbocycles. The molecule has 0 radical (unpaired) electrons. The molecule has 0 saturated heterocycles. The topological polar surface area (TPSA) is 57.8 Å². The number of likely N-dealkylation sites (N-methyl/N-ethyl adjacent to an activating group) is 1. The van der Waals surface area contributed by atoms with Crippen LogP contribution in [0, 0.1) is 0 Å². The van der Waals surface area contributed by atoms with Crippen molar-refractivity contribution in [3.05, 3.63) is 29.4 Å². The van der Waals surface area contributed by atoms with Crippen LogP contribution in [0.5, 0.6) is 0 Å². The minimum atomic E-state index is -0.962. The molecule has 0 saturated carbocycles. The van der Waals surface area contributed by atoms with Crippen LogP contribution < -0.4 is 4.90 Å². The lowest BCUT2D eigenvalue weighted by molar-refractivity contribution is 0.0690. The first-order chi connectivity index (χ1) is 8.54. The highest BCUT2D eigenvalue weighted by molar-refractivity contribution is 7.15. The van der Waals surface area contributed by atoms with Crippen LogP contribution in [0.2, 0.25) is 0 Å². The first kappa shape index (κ1) is 12.6. The van der Waals surface area contributed by atoms with E-state index in [9.17, 15) is 9.90 Å². The molecule has 0 aliphatic heterocycles. The highest BCUT2D eigenvalue weighted by atomic mass is 32.1. The molecule has 6 heteroatoms. The lowest BCUT2D eigenvalue weighted by Gasteiger charge is -2.21. The Kier molecular flexibility index (Phi) is 3.38. The van der Waals surface area contributed by atoms with Gasteiger partial charge in [-0.25, -0.2) is 9.78 Å². The van der Waals surface area contributed by atoms with E-state index in [1.54, 1.807) is 10.6 Å². The van der Waals surface area contributed by atoms with Crippen LogP contribution in [0.25, 0.3) is 4.96 Å². The monoisotopic (exact) mass is 265 g/mol. The zero-order valence-electron chi connectivity index (χ0n) is 10.4. The van der Waals surface area contributed by atoms with E-state index in [1.807, 2.05) is 24.1 Å². The average molecular weight is 265 g/mol. The molecule has 2 aromatic heterocycles. The van der Waals surface area contributed by atoms with E-state index >= 15 is 0 Å². The van der Waals surface area contributed by atoms with Gasteiger partial charge in [0.1, 0.15) is 0 Å². The van der Waals surface area contributed by atoms with Crippen LogP contribution in [0.3, 0.4) is 0 Å². The number of hydrogen-bond donors (Lipinski definition) is 1. The number of rotatable bonds is 5. The molecule has 0 spiro atoms. The Labute approximate surface area is 109 Å². The lowest BCUT2D eigenvalue weighted by Crippen LogP contribution is -2.26. The van der Waals surface area contributed by atoms with Gasteiger partial charge in [-0.15, -0.1) is 11.3 Å². The van der Waals surface area contributed by atoms with Crippen molar-refractivity contribution >= 4 is 28.1 Å². The molecule has 18 heavy (non-hydrogen) atoms. The number of hydrogen-bond acceptors (Lipinski definition) is 4. The van der Waals surface area contributed by atoms with Gasteiger partial charge < -0.3 is 10.0 Å². The Bertz CT molecular complexity index is 600. The number of imidazole rings is 1. The third-order valence-electron chi connectivity index (χ3n) is 2.59. The summed E-state index contributed by atoms with van der Waals surface area (Å²) < 4.78 is 1.61. The van der Waals surface area contributed by atoms with E-state index in [4.69, 9.17) is 0 Å². The predicted octanol–water partition coefficient (Wildman–Crippen LogP) is 2.50. The fraction of sp³-hybridized carbons (Fsp3) is 0.333. The molecule has 2 heterocycles. The standard InChI is InChI=1S/C12H15N3O2S/c1-4-14(7-8(2)3)10-9(11(16)17)15-5-6-18-12(15)13-10/h5-6H,2,4,7H2,1,3H3,(H,16,17). The highest BCUT2D eigenvalue weighted by Gasteiger charge is 2.23. The molecule has 0 bridgehead atoms. The van der Waals surface area contributed by atoms with Gasteiger partial charge in [0, 0.05) is 24.7 Å². The van der Waals surface area contributed by atoms with Crippen molar-refractivity contribution < 1.29 is 9.90 Å². The molecule has 2 rings (SSSR count). The van der Waals surface area contributed by atoms with Gasteiger partial charge in [0.15, 0.2) is 16.5 Å². The van der Waals surface area contributed by atoms with Crippen LogP contribution in [-0.4, -0.2) is 33.6 Å². The Morgan fingerprint density at radius 3 is 2.94 bits per heavy atom. The second-order valence-corrected chi connectivity index (χ2v) is 4.99. The van der Waals surface area contributed by atoms with Gasteiger partial charge >= 0.3 is 5.97 Å². The number of fused-ring (bicyclic) bond motifs is 1. The van der Waals surface area contributed by atoms with E-state index in [2.05, 4.69) is 11.6 Å². The van der Waals surface area contributed by atoms with Gasteiger partial charge in [0.2, 0.25) is 0 Å². The van der Waals surface area contributed by atoms with Gasteiger partial charge in [-0.05, 0) is 13.8 Å². The van der Waals surface area contributed by atoms with Crippen LogP contribution >= 0.6 is 11.3 Å². The Morgan fingerprint density at radius 2 is 2.39 bits per heavy atom. The fourth-order valence-corrected chi connectivity index (χ4v) is 2.56. The summed E-state index contributed by atoms with van der Waals surface area (Å²) >= 11 is 1.43. The molecular weight excluding hydrogens is 250 g/mol. The molecule has 0 aliphatic rings. The summed E-state index contributed by atoms with van der Waals surface area (Å²) in [6.45, 7) is 9.06. The number of aromatic carboxylic acids is 1. The van der Waals surface area contributed by atoms with Crippen LogP contribution in [0.15, 0.2) is 23.7 Å². The SMILES string of the molecule is C=C(C)CN(CC)c1nc2sccn2c1C(=O)O. The van der Waals surface area contributed by atoms with Crippen molar-refractivity contribution in [1.29, 1.82) is 0 Å². The van der Waals surface area contributed by atoms with Gasteiger partial charge in [-0.1, -0.05) is 12.2 Å². The number of anilines is 1. The largest absolute Gasteiger partial charge is 0.476 e. The summed E-state index contributed by atoms with van der Waals surface area (Å²) in [5.74, 6) is -0.448. The third kappa shape index (κ3) is 2.11. The molecule has 0 unspecified atom stereocenters. The normalized spacial score (nSPS) is 10.8. The summed E-state index contributed by atoms with van der Waals surface area (Å²) in [4.78, 5) is 18.4. The molecule has 5 nitrogen and oxygen atoms in total. The molecule has 0 atom stereocenters. The number of nitrogens with zero attached hydrogens (tertiary/aromatic N) is 3. The lowest BCUT2D eigenvalue weighted by atomic mass is 10.3. The van der Waals surface area contributed by atoms with Crippen molar-refractivity contribution in [2.75, 3.05) is 18.0 Å². The zero-order chi connectivity index (χ0) is 13.3. The average Bonchev–Trinajstić information content (AvgIpc) is 2.83. The van der Waals surface area contributed by atoms with E-state index in [-0.39, 0.29) is 5.69 Å². The van der Waals surface area contributed by atoms with Gasteiger partial charge in [-0.3, -0.25) is 4.40 Å². The van der Waals surface area contributed by atoms with Gasteiger partial charge in [-0.2, -0.15) is 0 Å². The fourth-order valence-electron chi connectivity index (χ4n) is 1.86. The van der Waals surface area contributed by atoms with Crippen LogP contribution in [0.1, 0.15) is 24.3 Å². The number of carboxylic acids is 1. The maximum absolute atomic E-state index is 11.4. The summed E-state index contributed by atoms with van der Waals surface area (Å²) in [6, 6.07) is 0. The second kappa shape index (κ2) is 4.81. The predicted molar refractivity (Wildman–Crippen MR) is 72.7 cm³/mol. The smallest absolute Gasteiger partial charge is 0.356 e. The Morgan fingerprint density at radius 1 is 1.67 bits per heavy atom. The van der Waals surface area contributed by atoms with Crippen molar-refractivity contribution in [3.63, 3.8) is 0 Å². The maximum atomic E-state index is 11.4. The number of carbonyl (C=O) groups is 1. The van der Waals surface area contributed by atoms with Crippen LogP contribution in [-0.2, 0) is 0 Å².